The Morgan fingerprint density at radius 2 is 1.83 bits per heavy atom. The van der Waals surface area contributed by atoms with E-state index in [4.69, 9.17) is 4.74 Å². The third kappa shape index (κ3) is 5.22. The van der Waals surface area contributed by atoms with Crippen LogP contribution in [0.4, 0.5) is 17.6 Å². The molecule has 1 aromatic carbocycles. The molecule has 0 bridgehead atoms. The van der Waals surface area contributed by atoms with E-state index in [0.29, 0.717) is 18.2 Å². The second kappa shape index (κ2) is 7.43. The minimum atomic E-state index is -4.78. The van der Waals surface area contributed by atoms with Gasteiger partial charge in [0.2, 0.25) is 0 Å². The molecule has 0 fully saturated rings. The molecule has 0 spiro atoms. The van der Waals surface area contributed by atoms with Gasteiger partial charge in [0.1, 0.15) is 11.9 Å². The SMILES string of the molecule is CCOC(=O)C(NC(=O)c1cc(F)cc(C(F)(F)F)c1)C(C)C. The molecule has 1 amide bonds. The van der Waals surface area contributed by atoms with E-state index < -0.39 is 41.0 Å². The smallest absolute Gasteiger partial charge is 0.416 e. The molecule has 23 heavy (non-hydrogen) atoms. The highest BCUT2D eigenvalue weighted by Gasteiger charge is 2.32. The number of amides is 1. The van der Waals surface area contributed by atoms with Crippen LogP contribution < -0.4 is 5.32 Å². The molecule has 0 heterocycles. The lowest BCUT2D eigenvalue weighted by atomic mass is 10.0. The van der Waals surface area contributed by atoms with Gasteiger partial charge in [-0.1, -0.05) is 13.8 Å². The summed E-state index contributed by atoms with van der Waals surface area (Å²) >= 11 is 0. The fourth-order valence-electron chi connectivity index (χ4n) is 1.84. The molecular weight excluding hydrogens is 318 g/mol. The van der Waals surface area contributed by atoms with Crippen LogP contribution >= 0.6 is 0 Å². The van der Waals surface area contributed by atoms with Gasteiger partial charge in [-0.3, -0.25) is 4.79 Å². The number of esters is 1. The largest absolute Gasteiger partial charge is 0.464 e. The van der Waals surface area contributed by atoms with Gasteiger partial charge in [0.15, 0.2) is 0 Å². The topological polar surface area (TPSA) is 55.4 Å². The Balaban J connectivity index is 3.04. The van der Waals surface area contributed by atoms with Gasteiger partial charge in [-0.05, 0) is 31.0 Å². The van der Waals surface area contributed by atoms with Crippen LogP contribution in [0.25, 0.3) is 0 Å². The van der Waals surface area contributed by atoms with Crippen LogP contribution in [-0.2, 0) is 15.7 Å². The fraction of sp³-hybridized carbons (Fsp3) is 0.467. The summed E-state index contributed by atoms with van der Waals surface area (Å²) in [6, 6.07) is 0.455. The first kappa shape index (κ1) is 18.9. The summed E-state index contributed by atoms with van der Waals surface area (Å²) in [7, 11) is 0. The third-order valence-corrected chi connectivity index (χ3v) is 2.98. The summed E-state index contributed by atoms with van der Waals surface area (Å²) in [5.74, 6) is -3.24. The number of hydrogen-bond donors (Lipinski definition) is 1. The summed E-state index contributed by atoms with van der Waals surface area (Å²) in [4.78, 5) is 23.8. The van der Waals surface area contributed by atoms with E-state index in [1.165, 1.54) is 0 Å². The number of hydrogen-bond acceptors (Lipinski definition) is 3. The van der Waals surface area contributed by atoms with Crippen molar-refractivity contribution in [3.05, 3.63) is 35.1 Å². The monoisotopic (exact) mass is 335 g/mol. The van der Waals surface area contributed by atoms with Crippen molar-refractivity contribution >= 4 is 11.9 Å². The molecule has 0 saturated heterocycles. The van der Waals surface area contributed by atoms with Crippen molar-refractivity contribution in [1.82, 2.24) is 5.32 Å². The molecule has 0 aliphatic heterocycles. The zero-order valence-electron chi connectivity index (χ0n) is 12.8. The van der Waals surface area contributed by atoms with Crippen molar-refractivity contribution in [2.45, 2.75) is 33.0 Å². The lowest BCUT2D eigenvalue weighted by Gasteiger charge is -2.20. The molecule has 1 unspecified atom stereocenters. The van der Waals surface area contributed by atoms with Crippen LogP contribution in [0.2, 0.25) is 0 Å². The second-order valence-electron chi connectivity index (χ2n) is 5.17. The number of alkyl halides is 3. The lowest BCUT2D eigenvalue weighted by molar-refractivity contribution is -0.146. The van der Waals surface area contributed by atoms with Gasteiger partial charge >= 0.3 is 12.1 Å². The van der Waals surface area contributed by atoms with Gasteiger partial charge in [-0.25, -0.2) is 9.18 Å². The molecule has 1 N–H and O–H groups in total. The average Bonchev–Trinajstić information content (AvgIpc) is 2.42. The first-order valence-electron chi connectivity index (χ1n) is 6.91. The normalized spacial score (nSPS) is 12.9. The Kier molecular flexibility index (Phi) is 6.12. The van der Waals surface area contributed by atoms with Crippen LogP contribution in [-0.4, -0.2) is 24.5 Å². The maximum atomic E-state index is 13.3. The predicted molar refractivity (Wildman–Crippen MR) is 74.1 cm³/mol. The van der Waals surface area contributed by atoms with Crippen LogP contribution in [0.1, 0.15) is 36.7 Å². The van der Waals surface area contributed by atoms with Crippen molar-refractivity contribution in [3.63, 3.8) is 0 Å². The highest BCUT2D eigenvalue weighted by atomic mass is 19.4. The van der Waals surface area contributed by atoms with Crippen molar-refractivity contribution in [2.75, 3.05) is 6.61 Å². The molecule has 1 aromatic rings. The van der Waals surface area contributed by atoms with E-state index in [1.807, 2.05) is 0 Å². The number of nitrogens with one attached hydrogen (secondary N) is 1. The Morgan fingerprint density at radius 3 is 2.30 bits per heavy atom. The van der Waals surface area contributed by atoms with Gasteiger partial charge < -0.3 is 10.1 Å². The minimum absolute atomic E-state index is 0.0934. The molecule has 4 nitrogen and oxygen atoms in total. The summed E-state index contributed by atoms with van der Waals surface area (Å²) in [5.41, 5.74) is -1.80. The fourth-order valence-corrected chi connectivity index (χ4v) is 1.84. The van der Waals surface area contributed by atoms with Crippen molar-refractivity contribution in [3.8, 4) is 0 Å². The summed E-state index contributed by atoms with van der Waals surface area (Å²) in [5, 5.41) is 2.28. The van der Waals surface area contributed by atoms with Gasteiger partial charge in [-0.2, -0.15) is 13.2 Å². The molecule has 1 atom stereocenters. The molecule has 0 aromatic heterocycles. The Morgan fingerprint density at radius 1 is 1.22 bits per heavy atom. The number of carbonyl (C=O) groups is 2. The zero-order valence-corrected chi connectivity index (χ0v) is 12.8. The number of carbonyl (C=O) groups excluding carboxylic acids is 2. The molecule has 0 aliphatic carbocycles. The number of benzene rings is 1. The molecule has 8 heteroatoms. The molecule has 0 aliphatic rings. The maximum absolute atomic E-state index is 13.3. The van der Waals surface area contributed by atoms with E-state index in [9.17, 15) is 27.2 Å². The highest BCUT2D eigenvalue weighted by molar-refractivity contribution is 5.97. The zero-order chi connectivity index (χ0) is 17.8. The van der Waals surface area contributed by atoms with Crippen LogP contribution in [0.15, 0.2) is 18.2 Å². The van der Waals surface area contributed by atoms with E-state index in [0.717, 1.165) is 0 Å². The van der Waals surface area contributed by atoms with Crippen LogP contribution in [0.5, 0.6) is 0 Å². The molecule has 1 rings (SSSR count). The van der Waals surface area contributed by atoms with Crippen molar-refractivity contribution < 1.29 is 31.9 Å². The average molecular weight is 335 g/mol. The van der Waals surface area contributed by atoms with Crippen molar-refractivity contribution in [2.24, 2.45) is 5.92 Å². The first-order valence-corrected chi connectivity index (χ1v) is 6.91. The first-order chi connectivity index (χ1) is 10.6. The number of rotatable bonds is 5. The highest BCUT2D eigenvalue weighted by Crippen LogP contribution is 2.30. The van der Waals surface area contributed by atoms with Gasteiger partial charge in [-0.15, -0.1) is 0 Å². The van der Waals surface area contributed by atoms with E-state index in [-0.39, 0.29) is 12.5 Å². The van der Waals surface area contributed by atoms with E-state index >= 15 is 0 Å². The number of halogens is 4. The van der Waals surface area contributed by atoms with Crippen LogP contribution in [0, 0.1) is 11.7 Å². The van der Waals surface area contributed by atoms with Crippen molar-refractivity contribution in [1.29, 1.82) is 0 Å². The third-order valence-electron chi connectivity index (χ3n) is 2.98. The Labute approximate surface area is 130 Å². The number of ether oxygens (including phenoxy) is 1. The summed E-state index contributed by atoms with van der Waals surface area (Å²) in [6.07, 6.45) is -4.78. The van der Waals surface area contributed by atoms with Crippen LogP contribution in [0.3, 0.4) is 0 Å². The molecular formula is C15H17F4NO3. The quantitative estimate of drug-likeness (QED) is 0.664. The Hall–Kier alpha value is -2.12. The van der Waals surface area contributed by atoms with E-state index in [2.05, 4.69) is 5.32 Å². The molecule has 0 saturated carbocycles. The second-order valence-corrected chi connectivity index (χ2v) is 5.17. The summed E-state index contributed by atoms with van der Waals surface area (Å²) in [6.45, 7) is 4.94. The van der Waals surface area contributed by atoms with Gasteiger partial charge in [0.25, 0.3) is 5.91 Å². The minimum Gasteiger partial charge on any atom is -0.464 e. The van der Waals surface area contributed by atoms with Gasteiger partial charge in [0.05, 0.1) is 12.2 Å². The molecule has 0 radical (unpaired) electrons. The predicted octanol–water partition coefficient (Wildman–Crippen LogP) is 3.16. The maximum Gasteiger partial charge on any atom is 0.416 e. The van der Waals surface area contributed by atoms with E-state index in [1.54, 1.807) is 20.8 Å². The standard InChI is InChI=1S/C15H17F4NO3/c1-4-23-14(22)12(8(2)3)20-13(21)9-5-10(15(17,18)19)7-11(16)6-9/h5-8,12H,4H2,1-3H3,(H,20,21). The lowest BCUT2D eigenvalue weighted by Crippen LogP contribution is -2.45. The molecule has 128 valence electrons. The summed E-state index contributed by atoms with van der Waals surface area (Å²) < 4.78 is 56.1. The Bertz CT molecular complexity index is 585. The van der Waals surface area contributed by atoms with Gasteiger partial charge in [0, 0.05) is 5.56 Å².